The van der Waals surface area contributed by atoms with E-state index >= 15 is 0 Å². The SMILES string of the molecule is CCOC(=O)C[C@@]1([C@H](Cc2ccccc2)N(Cc2ccccc2)Cc2ccccc2)CO1. The van der Waals surface area contributed by atoms with Gasteiger partial charge in [0.15, 0.2) is 0 Å². The molecule has 3 aromatic rings. The third-order valence-electron chi connectivity index (χ3n) is 6.04. The summed E-state index contributed by atoms with van der Waals surface area (Å²) in [7, 11) is 0. The van der Waals surface area contributed by atoms with E-state index in [0.717, 1.165) is 19.5 Å². The minimum absolute atomic E-state index is 0.0368. The van der Waals surface area contributed by atoms with Gasteiger partial charge in [0.1, 0.15) is 5.60 Å². The smallest absolute Gasteiger partial charge is 0.308 e. The first-order chi connectivity index (χ1) is 15.7. The molecule has 32 heavy (non-hydrogen) atoms. The molecule has 166 valence electrons. The second kappa shape index (κ2) is 10.6. The van der Waals surface area contributed by atoms with E-state index in [1.54, 1.807) is 0 Å². The van der Waals surface area contributed by atoms with Crippen molar-refractivity contribution in [3.05, 3.63) is 108 Å². The zero-order valence-electron chi connectivity index (χ0n) is 18.7. The highest BCUT2D eigenvalue weighted by Gasteiger charge is 2.55. The molecule has 0 spiro atoms. The Kier molecular flexibility index (Phi) is 7.35. The molecule has 0 radical (unpaired) electrons. The molecule has 1 aliphatic rings. The van der Waals surface area contributed by atoms with Crippen molar-refractivity contribution in [3.8, 4) is 0 Å². The Labute approximate surface area is 190 Å². The number of hydrogen-bond donors (Lipinski definition) is 0. The van der Waals surface area contributed by atoms with Crippen LogP contribution in [0.25, 0.3) is 0 Å². The van der Waals surface area contributed by atoms with E-state index in [4.69, 9.17) is 9.47 Å². The predicted molar refractivity (Wildman–Crippen MR) is 126 cm³/mol. The van der Waals surface area contributed by atoms with Crippen LogP contribution in [0.4, 0.5) is 0 Å². The molecule has 4 rings (SSSR count). The minimum atomic E-state index is -0.522. The molecule has 3 aromatic carbocycles. The Morgan fingerprint density at radius 1 is 0.875 bits per heavy atom. The highest BCUT2D eigenvalue weighted by atomic mass is 16.6. The van der Waals surface area contributed by atoms with E-state index in [-0.39, 0.29) is 18.4 Å². The van der Waals surface area contributed by atoms with Gasteiger partial charge in [0.05, 0.1) is 19.6 Å². The van der Waals surface area contributed by atoms with Gasteiger partial charge in [-0.15, -0.1) is 0 Å². The van der Waals surface area contributed by atoms with Crippen LogP contribution >= 0.6 is 0 Å². The molecular formula is C28H31NO3. The predicted octanol–water partition coefficient (Wildman–Crippen LogP) is 5.02. The lowest BCUT2D eigenvalue weighted by Crippen LogP contribution is -2.48. The monoisotopic (exact) mass is 429 g/mol. The molecule has 4 nitrogen and oxygen atoms in total. The van der Waals surface area contributed by atoms with Crippen molar-refractivity contribution in [1.82, 2.24) is 4.90 Å². The summed E-state index contributed by atoms with van der Waals surface area (Å²) in [4.78, 5) is 14.9. The average molecular weight is 430 g/mol. The van der Waals surface area contributed by atoms with Crippen molar-refractivity contribution in [2.45, 2.75) is 44.5 Å². The maximum Gasteiger partial charge on any atom is 0.308 e. The number of hydrogen-bond acceptors (Lipinski definition) is 4. The van der Waals surface area contributed by atoms with Gasteiger partial charge in [-0.25, -0.2) is 0 Å². The van der Waals surface area contributed by atoms with Crippen LogP contribution in [-0.4, -0.2) is 35.7 Å². The summed E-state index contributed by atoms with van der Waals surface area (Å²) in [5.41, 5.74) is 3.20. The molecule has 0 amide bonds. The van der Waals surface area contributed by atoms with Crippen LogP contribution in [-0.2, 0) is 33.8 Å². The van der Waals surface area contributed by atoms with E-state index < -0.39 is 5.60 Å². The second-order valence-corrected chi connectivity index (χ2v) is 8.42. The van der Waals surface area contributed by atoms with E-state index in [1.165, 1.54) is 16.7 Å². The maximum atomic E-state index is 12.5. The number of nitrogens with zero attached hydrogens (tertiary/aromatic N) is 1. The van der Waals surface area contributed by atoms with Gasteiger partial charge in [-0.1, -0.05) is 91.0 Å². The zero-order chi connectivity index (χ0) is 22.2. The summed E-state index contributed by atoms with van der Waals surface area (Å²) in [5.74, 6) is -0.192. The van der Waals surface area contributed by atoms with Gasteiger partial charge in [0.2, 0.25) is 0 Å². The standard InChI is InChI=1S/C28H31NO3/c1-2-31-27(30)19-28(22-32-28)26(18-23-12-6-3-7-13-23)29(20-24-14-8-4-9-15-24)21-25-16-10-5-11-17-25/h3-17,26H,2,18-22H2,1H3/t26-,28-/m0/s1. The Balaban J connectivity index is 1.67. The fraction of sp³-hybridized carbons (Fsp3) is 0.321. The van der Waals surface area contributed by atoms with Crippen LogP contribution in [0, 0.1) is 0 Å². The summed E-state index contributed by atoms with van der Waals surface area (Å²) < 4.78 is 11.4. The Morgan fingerprint density at radius 2 is 1.34 bits per heavy atom. The molecule has 1 saturated heterocycles. The molecule has 2 atom stereocenters. The van der Waals surface area contributed by atoms with Gasteiger partial charge in [-0.3, -0.25) is 9.69 Å². The molecular weight excluding hydrogens is 398 g/mol. The fourth-order valence-electron chi connectivity index (χ4n) is 4.36. The van der Waals surface area contributed by atoms with Crippen molar-refractivity contribution in [1.29, 1.82) is 0 Å². The third-order valence-corrected chi connectivity index (χ3v) is 6.04. The average Bonchev–Trinajstić information content (AvgIpc) is 3.59. The summed E-state index contributed by atoms with van der Waals surface area (Å²) in [6.07, 6.45) is 1.08. The third kappa shape index (κ3) is 5.84. The van der Waals surface area contributed by atoms with Gasteiger partial charge in [-0.05, 0) is 30.0 Å². The Hall–Kier alpha value is -2.95. The van der Waals surface area contributed by atoms with Crippen molar-refractivity contribution in [2.24, 2.45) is 0 Å². The van der Waals surface area contributed by atoms with E-state index in [1.807, 2.05) is 25.1 Å². The zero-order valence-corrected chi connectivity index (χ0v) is 18.7. The van der Waals surface area contributed by atoms with Crippen LogP contribution < -0.4 is 0 Å². The lowest BCUT2D eigenvalue weighted by molar-refractivity contribution is -0.145. The number of benzene rings is 3. The normalized spacial score (nSPS) is 18.3. The molecule has 1 aliphatic heterocycles. The van der Waals surface area contributed by atoms with E-state index in [0.29, 0.717) is 13.2 Å². The van der Waals surface area contributed by atoms with Crippen molar-refractivity contribution >= 4 is 5.97 Å². The highest BCUT2D eigenvalue weighted by molar-refractivity contribution is 5.71. The highest BCUT2D eigenvalue weighted by Crippen LogP contribution is 2.40. The van der Waals surface area contributed by atoms with E-state index in [9.17, 15) is 4.79 Å². The van der Waals surface area contributed by atoms with Crippen molar-refractivity contribution < 1.29 is 14.3 Å². The first kappa shape index (κ1) is 22.3. The van der Waals surface area contributed by atoms with Crippen LogP contribution in [0.15, 0.2) is 91.0 Å². The van der Waals surface area contributed by atoms with Crippen molar-refractivity contribution in [2.75, 3.05) is 13.2 Å². The van der Waals surface area contributed by atoms with Gasteiger partial charge in [0, 0.05) is 19.1 Å². The number of carbonyl (C=O) groups is 1. The van der Waals surface area contributed by atoms with Crippen LogP contribution in [0.2, 0.25) is 0 Å². The molecule has 0 aliphatic carbocycles. The molecule has 0 bridgehead atoms. The topological polar surface area (TPSA) is 42.1 Å². The molecule has 0 saturated carbocycles. The molecule has 0 aromatic heterocycles. The lowest BCUT2D eigenvalue weighted by Gasteiger charge is -2.36. The number of ether oxygens (including phenoxy) is 2. The summed E-state index contributed by atoms with van der Waals surface area (Å²) in [6.45, 7) is 4.36. The van der Waals surface area contributed by atoms with Crippen LogP contribution in [0.5, 0.6) is 0 Å². The molecule has 4 heteroatoms. The van der Waals surface area contributed by atoms with E-state index in [2.05, 4.69) is 77.7 Å². The van der Waals surface area contributed by atoms with Gasteiger partial charge in [0.25, 0.3) is 0 Å². The fourth-order valence-corrected chi connectivity index (χ4v) is 4.36. The first-order valence-corrected chi connectivity index (χ1v) is 11.3. The first-order valence-electron chi connectivity index (χ1n) is 11.3. The van der Waals surface area contributed by atoms with Gasteiger partial charge < -0.3 is 9.47 Å². The second-order valence-electron chi connectivity index (χ2n) is 8.42. The lowest BCUT2D eigenvalue weighted by atomic mass is 9.89. The minimum Gasteiger partial charge on any atom is -0.466 e. The number of esters is 1. The van der Waals surface area contributed by atoms with Crippen LogP contribution in [0.1, 0.15) is 30.0 Å². The molecule has 1 fully saturated rings. The number of rotatable bonds is 11. The Morgan fingerprint density at radius 3 is 1.78 bits per heavy atom. The molecule has 0 unspecified atom stereocenters. The molecule has 0 N–H and O–H groups in total. The van der Waals surface area contributed by atoms with Gasteiger partial charge in [-0.2, -0.15) is 0 Å². The number of carbonyl (C=O) groups excluding carboxylic acids is 1. The van der Waals surface area contributed by atoms with Crippen LogP contribution in [0.3, 0.4) is 0 Å². The van der Waals surface area contributed by atoms with Gasteiger partial charge >= 0.3 is 5.97 Å². The Bertz CT molecular complexity index is 930. The number of epoxide rings is 1. The summed E-state index contributed by atoms with van der Waals surface area (Å²) in [5, 5.41) is 0. The quantitative estimate of drug-likeness (QED) is 0.317. The molecule has 1 heterocycles. The largest absolute Gasteiger partial charge is 0.466 e. The van der Waals surface area contributed by atoms with Crippen molar-refractivity contribution in [3.63, 3.8) is 0 Å². The maximum absolute atomic E-state index is 12.5. The summed E-state index contributed by atoms with van der Waals surface area (Å²) in [6, 6.07) is 31.5. The summed E-state index contributed by atoms with van der Waals surface area (Å²) >= 11 is 0.